The van der Waals surface area contributed by atoms with Crippen molar-refractivity contribution in [2.45, 2.75) is 25.7 Å². The zero-order valence-corrected chi connectivity index (χ0v) is 12.7. The van der Waals surface area contributed by atoms with Crippen LogP contribution in [0.15, 0.2) is 40.8 Å². The van der Waals surface area contributed by atoms with Gasteiger partial charge in [-0.1, -0.05) is 11.6 Å². The quantitative estimate of drug-likeness (QED) is 0.767. The number of aryl methyl sites for hydroxylation is 1. The number of nitrogens with zero attached hydrogens (tertiary/aromatic N) is 1. The van der Waals surface area contributed by atoms with E-state index in [9.17, 15) is 9.90 Å². The number of rotatable bonds is 3. The van der Waals surface area contributed by atoms with Crippen molar-refractivity contribution in [2.75, 3.05) is 5.32 Å². The number of hydrogen-bond acceptors (Lipinski definition) is 4. The smallest absolute Gasteiger partial charge is 0.259 e. The molecule has 4 rings (SSSR count). The van der Waals surface area contributed by atoms with Crippen molar-refractivity contribution < 1.29 is 14.3 Å². The van der Waals surface area contributed by atoms with Crippen molar-refractivity contribution in [2.24, 2.45) is 0 Å². The van der Waals surface area contributed by atoms with Gasteiger partial charge < -0.3 is 14.8 Å². The summed E-state index contributed by atoms with van der Waals surface area (Å²) in [6, 6.07) is 10.3. The highest BCUT2D eigenvalue weighted by Crippen LogP contribution is 2.40. The van der Waals surface area contributed by atoms with Crippen molar-refractivity contribution in [3.8, 4) is 5.75 Å². The Bertz CT molecular complexity index is 910. The fraction of sp³-hybridized carbons (Fsp3) is 0.222. The molecule has 2 aromatic carbocycles. The van der Waals surface area contributed by atoms with Gasteiger partial charge in [0.2, 0.25) is 0 Å². The fourth-order valence-corrected chi connectivity index (χ4v) is 2.56. The molecule has 1 amide bonds. The molecule has 3 aromatic rings. The number of hydrogen-bond donors (Lipinski definition) is 2. The highest BCUT2D eigenvalue weighted by atomic mass is 16.3. The van der Waals surface area contributed by atoms with E-state index < -0.39 is 0 Å². The van der Waals surface area contributed by atoms with E-state index in [4.69, 9.17) is 4.42 Å². The Morgan fingerprint density at radius 1 is 1.26 bits per heavy atom. The first-order chi connectivity index (χ1) is 11.1. The molecule has 0 unspecified atom stereocenters. The molecule has 116 valence electrons. The maximum Gasteiger partial charge on any atom is 0.259 e. The standard InChI is InChI=1S/C18H16N2O3/c1-10-2-6-15(21)13(8-10)17(22)19-12-5-7-16-14(9-12)20-18(23-16)11-3-4-11/h2,5-9,11,21H,3-4H2,1H3,(H,19,22). The van der Waals surface area contributed by atoms with Gasteiger partial charge in [-0.15, -0.1) is 0 Å². The predicted octanol–water partition coefficient (Wildman–Crippen LogP) is 3.97. The SMILES string of the molecule is Cc1ccc(O)c(C(=O)Nc2ccc3oc(C4CC4)nc3c2)c1. The van der Waals surface area contributed by atoms with Gasteiger partial charge in [0, 0.05) is 11.6 Å². The van der Waals surface area contributed by atoms with E-state index in [1.807, 2.05) is 6.92 Å². The van der Waals surface area contributed by atoms with Crippen LogP contribution in [0.2, 0.25) is 0 Å². The maximum atomic E-state index is 12.3. The Labute approximate surface area is 133 Å². The second-order valence-corrected chi connectivity index (χ2v) is 5.98. The summed E-state index contributed by atoms with van der Waals surface area (Å²) in [5, 5.41) is 12.6. The Kier molecular flexibility index (Phi) is 3.08. The van der Waals surface area contributed by atoms with Crippen molar-refractivity contribution >= 4 is 22.7 Å². The minimum Gasteiger partial charge on any atom is -0.507 e. The Morgan fingerprint density at radius 2 is 2.09 bits per heavy atom. The molecule has 5 nitrogen and oxygen atoms in total. The number of oxazole rings is 1. The summed E-state index contributed by atoms with van der Waals surface area (Å²) in [5.74, 6) is 0.840. The van der Waals surface area contributed by atoms with E-state index >= 15 is 0 Å². The molecule has 1 aliphatic carbocycles. The molecular weight excluding hydrogens is 292 g/mol. The van der Waals surface area contributed by atoms with Crippen LogP contribution in [0.4, 0.5) is 5.69 Å². The van der Waals surface area contributed by atoms with Gasteiger partial charge in [0.25, 0.3) is 5.91 Å². The summed E-state index contributed by atoms with van der Waals surface area (Å²) in [4.78, 5) is 16.8. The molecule has 0 radical (unpaired) electrons. The minimum atomic E-state index is -0.350. The van der Waals surface area contributed by atoms with Gasteiger partial charge in [-0.25, -0.2) is 4.98 Å². The third-order valence-corrected chi connectivity index (χ3v) is 3.99. The normalized spacial score (nSPS) is 14.1. The lowest BCUT2D eigenvalue weighted by atomic mass is 10.1. The molecule has 1 fully saturated rings. The van der Waals surface area contributed by atoms with E-state index in [1.165, 1.54) is 6.07 Å². The van der Waals surface area contributed by atoms with Crippen molar-refractivity contribution in [3.63, 3.8) is 0 Å². The number of carbonyl (C=O) groups is 1. The number of phenols is 1. The third-order valence-electron chi connectivity index (χ3n) is 3.99. The summed E-state index contributed by atoms with van der Waals surface area (Å²) >= 11 is 0. The van der Waals surface area contributed by atoms with Crippen LogP contribution in [0, 0.1) is 6.92 Å². The topological polar surface area (TPSA) is 75.4 Å². The molecule has 0 bridgehead atoms. The second kappa shape index (κ2) is 5.12. The molecule has 1 saturated carbocycles. The van der Waals surface area contributed by atoms with Gasteiger partial charge in [0.15, 0.2) is 11.5 Å². The molecule has 1 heterocycles. The van der Waals surface area contributed by atoms with Crippen LogP contribution in [-0.4, -0.2) is 16.0 Å². The van der Waals surface area contributed by atoms with E-state index in [0.717, 1.165) is 35.4 Å². The Hall–Kier alpha value is -2.82. The summed E-state index contributed by atoms with van der Waals surface area (Å²) in [6.07, 6.45) is 2.26. The van der Waals surface area contributed by atoms with Crippen molar-refractivity contribution in [1.29, 1.82) is 0 Å². The maximum absolute atomic E-state index is 12.3. The first-order valence-corrected chi connectivity index (χ1v) is 7.61. The van der Waals surface area contributed by atoms with Crippen LogP contribution in [-0.2, 0) is 0 Å². The molecule has 1 aliphatic rings. The minimum absolute atomic E-state index is 0.0355. The average Bonchev–Trinajstić information content (AvgIpc) is 3.29. The van der Waals surface area contributed by atoms with Crippen LogP contribution in [0.25, 0.3) is 11.1 Å². The molecule has 5 heteroatoms. The largest absolute Gasteiger partial charge is 0.507 e. The van der Waals surface area contributed by atoms with Crippen LogP contribution in [0.1, 0.15) is 40.6 Å². The van der Waals surface area contributed by atoms with Crippen LogP contribution in [0.5, 0.6) is 5.75 Å². The van der Waals surface area contributed by atoms with Gasteiger partial charge >= 0.3 is 0 Å². The molecule has 0 spiro atoms. The summed E-state index contributed by atoms with van der Waals surface area (Å²) in [6.45, 7) is 1.87. The molecule has 23 heavy (non-hydrogen) atoms. The number of anilines is 1. The molecule has 2 N–H and O–H groups in total. The van der Waals surface area contributed by atoms with E-state index in [-0.39, 0.29) is 17.2 Å². The number of aromatic nitrogens is 1. The summed E-state index contributed by atoms with van der Waals surface area (Å²) in [5.41, 5.74) is 3.25. The highest BCUT2D eigenvalue weighted by molar-refractivity contribution is 6.06. The molecule has 0 aliphatic heterocycles. The van der Waals surface area contributed by atoms with Crippen LogP contribution in [0.3, 0.4) is 0 Å². The van der Waals surface area contributed by atoms with E-state index in [1.54, 1.807) is 30.3 Å². The predicted molar refractivity (Wildman–Crippen MR) is 86.8 cm³/mol. The number of benzene rings is 2. The first kappa shape index (κ1) is 13.8. The van der Waals surface area contributed by atoms with E-state index in [0.29, 0.717) is 11.6 Å². The Balaban J connectivity index is 1.61. The average molecular weight is 308 g/mol. The lowest BCUT2D eigenvalue weighted by Crippen LogP contribution is -2.12. The molecular formula is C18H16N2O3. The summed E-state index contributed by atoms with van der Waals surface area (Å²) in [7, 11) is 0. The fourth-order valence-electron chi connectivity index (χ4n) is 2.56. The van der Waals surface area contributed by atoms with Crippen LogP contribution < -0.4 is 5.32 Å². The number of nitrogens with one attached hydrogen (secondary N) is 1. The summed E-state index contributed by atoms with van der Waals surface area (Å²) < 4.78 is 5.71. The number of aromatic hydroxyl groups is 1. The number of phenolic OH excluding ortho intramolecular Hbond substituents is 1. The highest BCUT2D eigenvalue weighted by Gasteiger charge is 2.28. The van der Waals surface area contributed by atoms with Crippen LogP contribution >= 0.6 is 0 Å². The van der Waals surface area contributed by atoms with Gasteiger partial charge in [-0.05, 0) is 50.1 Å². The van der Waals surface area contributed by atoms with Crippen molar-refractivity contribution in [1.82, 2.24) is 4.98 Å². The number of fused-ring (bicyclic) bond motifs is 1. The molecule has 0 atom stereocenters. The molecule has 1 aromatic heterocycles. The lowest BCUT2D eigenvalue weighted by Gasteiger charge is -2.07. The monoisotopic (exact) mass is 308 g/mol. The van der Waals surface area contributed by atoms with Gasteiger partial charge in [0.05, 0.1) is 5.56 Å². The lowest BCUT2D eigenvalue weighted by molar-refractivity contribution is 0.102. The second-order valence-electron chi connectivity index (χ2n) is 5.98. The molecule has 0 saturated heterocycles. The van der Waals surface area contributed by atoms with Gasteiger partial charge in [0.1, 0.15) is 11.3 Å². The number of amides is 1. The van der Waals surface area contributed by atoms with Crippen molar-refractivity contribution in [3.05, 3.63) is 53.4 Å². The zero-order valence-electron chi connectivity index (χ0n) is 12.7. The zero-order chi connectivity index (χ0) is 16.0. The Morgan fingerprint density at radius 3 is 2.87 bits per heavy atom. The first-order valence-electron chi connectivity index (χ1n) is 7.61. The van der Waals surface area contributed by atoms with Gasteiger partial charge in [-0.3, -0.25) is 4.79 Å². The third kappa shape index (κ3) is 2.65. The van der Waals surface area contributed by atoms with Gasteiger partial charge in [-0.2, -0.15) is 0 Å². The van der Waals surface area contributed by atoms with E-state index in [2.05, 4.69) is 10.3 Å². The number of carbonyl (C=O) groups excluding carboxylic acids is 1.